The number of amides is 1. The standard InChI is InChI=1S/C25H28ClNO7/c1-2-3-4-14(26)8-11-5-6-16(28)19-15(11)9-12-7-13-10-17(29)20(24(27)33)23(32)25(13,34)22(31)18(12)21(19)30/h5-6,8,12-13,23,28-29,31-32,34H,2-4,7,9-10H2,1H3,(H2,27,33)/b14-8-/t12-,13+,23?,25+/m1/s1. The number of aliphatic hydroxyl groups is 4. The summed E-state index contributed by atoms with van der Waals surface area (Å²) in [6.07, 6.45) is 2.55. The van der Waals surface area contributed by atoms with Crippen molar-refractivity contribution in [3.63, 3.8) is 0 Å². The number of allylic oxidation sites excluding steroid dienone is 3. The van der Waals surface area contributed by atoms with Crippen molar-refractivity contribution in [2.45, 2.75) is 57.2 Å². The average Bonchev–Trinajstić information content (AvgIpc) is 2.76. The maximum absolute atomic E-state index is 13.5. The van der Waals surface area contributed by atoms with E-state index in [1.165, 1.54) is 6.07 Å². The Balaban J connectivity index is 1.83. The number of carbonyl (C=O) groups is 2. The van der Waals surface area contributed by atoms with E-state index >= 15 is 0 Å². The number of benzene rings is 1. The highest BCUT2D eigenvalue weighted by Gasteiger charge is 2.59. The van der Waals surface area contributed by atoms with Gasteiger partial charge in [0.15, 0.2) is 11.4 Å². The Morgan fingerprint density at radius 1 is 1.26 bits per heavy atom. The summed E-state index contributed by atoms with van der Waals surface area (Å²) in [5, 5.41) is 54.6. The second-order valence-corrected chi connectivity index (χ2v) is 9.79. The molecule has 3 aliphatic carbocycles. The molecule has 0 saturated heterocycles. The van der Waals surface area contributed by atoms with Gasteiger partial charge in [-0.15, -0.1) is 0 Å². The number of hydrogen-bond acceptors (Lipinski definition) is 7. The van der Waals surface area contributed by atoms with E-state index in [4.69, 9.17) is 17.3 Å². The number of carbonyl (C=O) groups excluding carboxylic acids is 2. The molecule has 0 saturated carbocycles. The molecule has 0 spiro atoms. The van der Waals surface area contributed by atoms with Crippen LogP contribution >= 0.6 is 11.6 Å². The molecule has 182 valence electrons. The number of phenolic OH excluding ortho intramolecular Hbond substituents is 1. The maximum Gasteiger partial charge on any atom is 0.250 e. The number of primary amides is 1. The van der Waals surface area contributed by atoms with Crippen molar-refractivity contribution >= 4 is 29.4 Å². The first-order valence-corrected chi connectivity index (χ1v) is 11.7. The Kier molecular flexibility index (Phi) is 6.27. The molecule has 4 rings (SSSR count). The van der Waals surface area contributed by atoms with Crippen LogP contribution in [0.3, 0.4) is 0 Å². The summed E-state index contributed by atoms with van der Waals surface area (Å²) < 4.78 is 0. The lowest BCUT2D eigenvalue weighted by Gasteiger charge is -2.49. The predicted octanol–water partition coefficient (Wildman–Crippen LogP) is 3.14. The van der Waals surface area contributed by atoms with E-state index < -0.39 is 52.3 Å². The fourth-order valence-corrected chi connectivity index (χ4v) is 5.79. The van der Waals surface area contributed by atoms with Gasteiger partial charge in [0, 0.05) is 22.9 Å². The quantitative estimate of drug-likeness (QED) is 0.370. The number of hydrogen-bond donors (Lipinski definition) is 6. The smallest absolute Gasteiger partial charge is 0.250 e. The minimum atomic E-state index is -2.37. The summed E-state index contributed by atoms with van der Waals surface area (Å²) >= 11 is 6.39. The van der Waals surface area contributed by atoms with Gasteiger partial charge in [0.05, 0.1) is 11.1 Å². The van der Waals surface area contributed by atoms with Gasteiger partial charge in [0.25, 0.3) is 5.91 Å². The van der Waals surface area contributed by atoms with Crippen LogP contribution in [0.5, 0.6) is 5.75 Å². The monoisotopic (exact) mass is 489 g/mol. The van der Waals surface area contributed by atoms with Crippen molar-refractivity contribution in [3.05, 3.63) is 56.5 Å². The Morgan fingerprint density at radius 3 is 2.62 bits per heavy atom. The summed E-state index contributed by atoms with van der Waals surface area (Å²) in [6.45, 7) is 2.05. The van der Waals surface area contributed by atoms with Crippen molar-refractivity contribution in [1.29, 1.82) is 0 Å². The second-order valence-electron chi connectivity index (χ2n) is 9.30. The fraction of sp³-hybridized carbons (Fsp3) is 0.440. The van der Waals surface area contributed by atoms with Crippen LogP contribution in [0.15, 0.2) is 39.8 Å². The lowest BCUT2D eigenvalue weighted by Crippen LogP contribution is -2.59. The minimum Gasteiger partial charge on any atom is -0.512 e. The lowest BCUT2D eigenvalue weighted by molar-refractivity contribution is -0.132. The first-order valence-electron chi connectivity index (χ1n) is 11.3. The fourth-order valence-electron chi connectivity index (χ4n) is 5.54. The number of halogens is 1. The molecule has 0 radical (unpaired) electrons. The number of Topliss-reactive ketones (excluding diaryl/α,β-unsaturated/α-hetero) is 1. The van der Waals surface area contributed by atoms with Crippen LogP contribution < -0.4 is 5.73 Å². The highest BCUT2D eigenvalue weighted by atomic mass is 35.5. The molecular formula is C25H28ClNO7. The molecule has 9 heteroatoms. The van der Waals surface area contributed by atoms with Crippen molar-refractivity contribution < 1.29 is 35.1 Å². The highest BCUT2D eigenvalue weighted by Crippen LogP contribution is 2.53. The van der Waals surface area contributed by atoms with Gasteiger partial charge in [0.2, 0.25) is 0 Å². The van der Waals surface area contributed by atoms with Gasteiger partial charge in [-0.2, -0.15) is 0 Å². The average molecular weight is 490 g/mol. The van der Waals surface area contributed by atoms with Crippen LogP contribution in [0.4, 0.5) is 0 Å². The van der Waals surface area contributed by atoms with E-state index in [0.717, 1.165) is 12.8 Å². The molecule has 1 amide bonds. The van der Waals surface area contributed by atoms with E-state index in [1.807, 2.05) is 0 Å². The maximum atomic E-state index is 13.5. The molecule has 1 unspecified atom stereocenters. The second kappa shape index (κ2) is 8.76. The molecule has 0 bridgehead atoms. The van der Waals surface area contributed by atoms with Crippen molar-refractivity contribution in [1.82, 2.24) is 0 Å². The van der Waals surface area contributed by atoms with Crippen LogP contribution in [0.1, 0.15) is 60.5 Å². The molecule has 0 aromatic heterocycles. The molecule has 1 aromatic rings. The van der Waals surface area contributed by atoms with E-state index in [9.17, 15) is 35.1 Å². The summed E-state index contributed by atoms with van der Waals surface area (Å²) in [6, 6.07) is 3.06. The molecule has 34 heavy (non-hydrogen) atoms. The normalized spacial score (nSPS) is 29.0. The number of nitrogens with two attached hydrogens (primary N) is 1. The molecular weight excluding hydrogens is 462 g/mol. The van der Waals surface area contributed by atoms with Crippen LogP contribution in [0, 0.1) is 11.8 Å². The molecule has 8 nitrogen and oxygen atoms in total. The molecule has 1 aromatic carbocycles. The van der Waals surface area contributed by atoms with E-state index in [0.29, 0.717) is 22.6 Å². The van der Waals surface area contributed by atoms with Gasteiger partial charge >= 0.3 is 0 Å². The third-order valence-corrected chi connectivity index (χ3v) is 7.57. The number of fused-ring (bicyclic) bond motifs is 3. The van der Waals surface area contributed by atoms with Gasteiger partial charge in [-0.05, 0) is 54.9 Å². The zero-order valence-corrected chi connectivity index (χ0v) is 19.5. The largest absolute Gasteiger partial charge is 0.512 e. The van der Waals surface area contributed by atoms with Crippen molar-refractivity contribution in [2.24, 2.45) is 17.6 Å². The molecule has 4 atom stereocenters. The van der Waals surface area contributed by atoms with E-state index in [2.05, 4.69) is 6.92 Å². The van der Waals surface area contributed by atoms with Gasteiger partial charge in [-0.1, -0.05) is 31.0 Å². The van der Waals surface area contributed by atoms with Crippen LogP contribution in [0.2, 0.25) is 0 Å². The van der Waals surface area contributed by atoms with Crippen molar-refractivity contribution in [3.8, 4) is 5.75 Å². The third-order valence-electron chi connectivity index (χ3n) is 7.27. The number of aromatic hydroxyl groups is 1. The number of rotatable bonds is 5. The Hall–Kier alpha value is -2.81. The predicted molar refractivity (Wildman–Crippen MR) is 125 cm³/mol. The van der Waals surface area contributed by atoms with E-state index in [1.54, 1.807) is 12.1 Å². The van der Waals surface area contributed by atoms with Gasteiger partial charge in [-0.3, -0.25) is 9.59 Å². The molecule has 0 fully saturated rings. The first-order chi connectivity index (χ1) is 16.0. The third kappa shape index (κ3) is 3.61. The van der Waals surface area contributed by atoms with Gasteiger partial charge < -0.3 is 31.3 Å². The molecule has 3 aliphatic rings. The number of phenols is 1. The topological polar surface area (TPSA) is 161 Å². The Labute approximate surface area is 201 Å². The summed E-state index contributed by atoms with van der Waals surface area (Å²) in [7, 11) is 0. The molecule has 7 N–H and O–H groups in total. The number of aliphatic hydroxyl groups excluding tert-OH is 3. The van der Waals surface area contributed by atoms with Crippen LogP contribution in [-0.2, 0) is 11.2 Å². The van der Waals surface area contributed by atoms with E-state index in [-0.39, 0.29) is 36.1 Å². The van der Waals surface area contributed by atoms with Crippen molar-refractivity contribution in [2.75, 3.05) is 0 Å². The van der Waals surface area contributed by atoms with Gasteiger partial charge in [-0.25, -0.2) is 0 Å². The summed E-state index contributed by atoms with van der Waals surface area (Å²) in [5.41, 5.74) is 3.45. The van der Waals surface area contributed by atoms with Crippen LogP contribution in [-0.4, -0.2) is 48.9 Å². The number of unbranched alkanes of at least 4 members (excludes halogenated alkanes) is 1. The summed E-state index contributed by atoms with van der Waals surface area (Å²) in [4.78, 5) is 25.3. The molecule has 0 heterocycles. The zero-order chi connectivity index (χ0) is 24.9. The minimum absolute atomic E-state index is 0.00683. The van der Waals surface area contributed by atoms with Gasteiger partial charge in [0.1, 0.15) is 23.4 Å². The SMILES string of the molecule is CCCC/C(Cl)=C/c1ccc(O)c2c1C[C@H]1C[C@H]3CC(O)=C(C(N)=O)C(O)[C@@]3(O)C(O)=C1C2=O. The Bertz CT molecular complexity index is 1170. The summed E-state index contributed by atoms with van der Waals surface area (Å²) in [5.74, 6) is -4.68. The highest BCUT2D eigenvalue weighted by molar-refractivity contribution is 6.31. The zero-order valence-electron chi connectivity index (χ0n) is 18.7. The Morgan fingerprint density at radius 2 is 1.97 bits per heavy atom. The first kappa shape index (κ1) is 24.3. The number of ketones is 1. The molecule has 0 aliphatic heterocycles. The lowest BCUT2D eigenvalue weighted by atomic mass is 9.59. The van der Waals surface area contributed by atoms with Crippen LogP contribution in [0.25, 0.3) is 6.08 Å².